The standard InChI is InChI=1S/C36H51BO3/c1-11-12-13-32(26-14-16-27(17-15-26)33(2,3)4)36(40-37(38)39,30-22-18-28(19-23-30)34(5,6)7)31-24-20-29(21-25-31)35(8,9)10/h14-25,32,38-39H,11-13H2,1-10H3. The van der Waals surface area contributed by atoms with E-state index in [1.165, 1.54) is 16.7 Å². The predicted octanol–water partition coefficient (Wildman–Crippen LogP) is 8.78. The highest BCUT2D eigenvalue weighted by Gasteiger charge is 2.46. The molecule has 40 heavy (non-hydrogen) atoms. The van der Waals surface area contributed by atoms with E-state index in [-0.39, 0.29) is 22.2 Å². The van der Waals surface area contributed by atoms with Gasteiger partial charge in [-0.25, -0.2) is 0 Å². The van der Waals surface area contributed by atoms with Gasteiger partial charge in [0.2, 0.25) is 0 Å². The van der Waals surface area contributed by atoms with E-state index in [0.29, 0.717) is 0 Å². The van der Waals surface area contributed by atoms with Crippen LogP contribution in [0.3, 0.4) is 0 Å². The van der Waals surface area contributed by atoms with Crippen molar-refractivity contribution >= 4 is 7.32 Å². The van der Waals surface area contributed by atoms with E-state index in [4.69, 9.17) is 4.65 Å². The number of unbranched alkanes of at least 4 members (excludes halogenated alkanes) is 1. The summed E-state index contributed by atoms with van der Waals surface area (Å²) in [7, 11) is -1.94. The second-order valence-corrected chi connectivity index (χ2v) is 14.4. The van der Waals surface area contributed by atoms with Crippen LogP contribution in [-0.2, 0) is 26.5 Å². The molecule has 0 aliphatic rings. The lowest BCUT2D eigenvalue weighted by Crippen LogP contribution is -2.43. The first-order valence-corrected chi connectivity index (χ1v) is 14.9. The van der Waals surface area contributed by atoms with E-state index in [2.05, 4.69) is 142 Å². The van der Waals surface area contributed by atoms with E-state index in [1.807, 2.05) is 0 Å². The summed E-state index contributed by atoms with van der Waals surface area (Å²) in [6.45, 7) is 22.1. The molecule has 2 N–H and O–H groups in total. The highest BCUT2D eigenvalue weighted by Crippen LogP contribution is 2.49. The maximum Gasteiger partial charge on any atom is 0.634 e. The van der Waals surface area contributed by atoms with E-state index >= 15 is 0 Å². The molecule has 0 fully saturated rings. The third-order valence-corrected chi connectivity index (χ3v) is 8.17. The molecule has 0 radical (unpaired) electrons. The van der Waals surface area contributed by atoms with Gasteiger partial charge in [-0.2, -0.15) is 0 Å². The second-order valence-electron chi connectivity index (χ2n) is 14.4. The summed E-state index contributed by atoms with van der Waals surface area (Å²) in [5.41, 5.74) is 5.59. The van der Waals surface area contributed by atoms with Gasteiger partial charge < -0.3 is 14.7 Å². The number of hydrogen-bond acceptors (Lipinski definition) is 3. The second kappa shape index (κ2) is 12.2. The molecule has 1 atom stereocenters. The van der Waals surface area contributed by atoms with Crippen LogP contribution in [0.5, 0.6) is 0 Å². The van der Waals surface area contributed by atoms with Gasteiger partial charge in [-0.1, -0.05) is 155 Å². The van der Waals surface area contributed by atoms with Gasteiger partial charge in [-0.3, -0.25) is 0 Å². The Bertz CT molecular complexity index is 1150. The third kappa shape index (κ3) is 7.27. The smallest absolute Gasteiger partial charge is 0.402 e. The summed E-state index contributed by atoms with van der Waals surface area (Å²) in [6, 6.07) is 25.9. The molecule has 0 aromatic heterocycles. The largest absolute Gasteiger partial charge is 0.634 e. The molecule has 3 rings (SSSR count). The quantitative estimate of drug-likeness (QED) is 0.266. The van der Waals surface area contributed by atoms with Crippen LogP contribution in [0, 0.1) is 0 Å². The molecule has 3 aromatic carbocycles. The van der Waals surface area contributed by atoms with Gasteiger partial charge >= 0.3 is 7.32 Å². The number of hydrogen-bond donors (Lipinski definition) is 2. The average Bonchev–Trinajstić information content (AvgIpc) is 2.87. The Morgan fingerprint density at radius 3 is 1.20 bits per heavy atom. The Kier molecular flexibility index (Phi) is 9.82. The number of benzene rings is 3. The summed E-state index contributed by atoms with van der Waals surface area (Å²) < 4.78 is 6.38. The molecule has 0 aliphatic carbocycles. The van der Waals surface area contributed by atoms with Crippen molar-refractivity contribution in [3.05, 3.63) is 106 Å². The highest BCUT2D eigenvalue weighted by molar-refractivity contribution is 6.32. The molecule has 1 unspecified atom stereocenters. The minimum atomic E-state index is -1.94. The molecule has 0 bridgehead atoms. The summed E-state index contributed by atoms with van der Waals surface area (Å²) in [4.78, 5) is 0. The molecule has 216 valence electrons. The van der Waals surface area contributed by atoms with Crippen LogP contribution in [0.4, 0.5) is 0 Å². The third-order valence-electron chi connectivity index (χ3n) is 8.17. The molecule has 3 aromatic rings. The van der Waals surface area contributed by atoms with Crippen LogP contribution < -0.4 is 0 Å². The summed E-state index contributed by atoms with van der Waals surface area (Å²) in [5.74, 6) is -0.149. The molecule has 0 amide bonds. The summed E-state index contributed by atoms with van der Waals surface area (Å²) in [6.07, 6.45) is 2.85. The molecule has 4 heteroatoms. The Hall–Kier alpha value is -2.40. The zero-order valence-electron chi connectivity index (χ0n) is 26.5. The van der Waals surface area contributed by atoms with Crippen LogP contribution in [0.2, 0.25) is 0 Å². The lowest BCUT2D eigenvalue weighted by Gasteiger charge is -2.43. The van der Waals surface area contributed by atoms with E-state index in [9.17, 15) is 10.0 Å². The molecule has 0 heterocycles. The maximum absolute atomic E-state index is 10.5. The molecule has 0 spiro atoms. The first-order chi connectivity index (χ1) is 18.5. The van der Waals surface area contributed by atoms with Crippen molar-refractivity contribution in [2.45, 2.75) is 116 Å². The first-order valence-electron chi connectivity index (χ1n) is 14.9. The van der Waals surface area contributed by atoms with Crippen LogP contribution in [0.1, 0.15) is 128 Å². The van der Waals surface area contributed by atoms with E-state index in [0.717, 1.165) is 36.0 Å². The molecule has 0 saturated carbocycles. The van der Waals surface area contributed by atoms with Gasteiger partial charge in [0, 0.05) is 5.92 Å². The minimum absolute atomic E-state index is 0.00268. The topological polar surface area (TPSA) is 49.7 Å². The Balaban J connectivity index is 2.35. The molecular weight excluding hydrogens is 491 g/mol. The summed E-state index contributed by atoms with van der Waals surface area (Å²) in [5, 5.41) is 21.0. The van der Waals surface area contributed by atoms with Gasteiger partial charge in [-0.05, 0) is 56.0 Å². The molecule has 0 saturated heterocycles. The zero-order chi connectivity index (χ0) is 29.9. The molecule has 3 nitrogen and oxygen atoms in total. The highest BCUT2D eigenvalue weighted by atomic mass is 16.6. The van der Waals surface area contributed by atoms with Crippen molar-refractivity contribution in [3.63, 3.8) is 0 Å². The fourth-order valence-corrected chi connectivity index (χ4v) is 5.62. The van der Waals surface area contributed by atoms with Gasteiger partial charge in [0.25, 0.3) is 0 Å². The lowest BCUT2D eigenvalue weighted by molar-refractivity contribution is 0.0223. The lowest BCUT2D eigenvalue weighted by atomic mass is 9.69. The van der Waals surface area contributed by atoms with Gasteiger partial charge in [0.15, 0.2) is 0 Å². The van der Waals surface area contributed by atoms with Crippen molar-refractivity contribution in [1.29, 1.82) is 0 Å². The van der Waals surface area contributed by atoms with Crippen LogP contribution in [-0.4, -0.2) is 17.4 Å². The van der Waals surface area contributed by atoms with Crippen LogP contribution >= 0.6 is 0 Å². The normalized spacial score (nSPS) is 13.8. The van der Waals surface area contributed by atoms with Crippen molar-refractivity contribution < 1.29 is 14.7 Å². The predicted molar refractivity (Wildman–Crippen MR) is 170 cm³/mol. The Labute approximate surface area is 244 Å². The van der Waals surface area contributed by atoms with Gasteiger partial charge in [0.1, 0.15) is 5.60 Å². The van der Waals surface area contributed by atoms with Crippen molar-refractivity contribution in [2.75, 3.05) is 0 Å². The van der Waals surface area contributed by atoms with Crippen molar-refractivity contribution in [3.8, 4) is 0 Å². The fraction of sp³-hybridized carbons (Fsp3) is 0.500. The van der Waals surface area contributed by atoms with E-state index < -0.39 is 12.9 Å². The van der Waals surface area contributed by atoms with Crippen molar-refractivity contribution in [1.82, 2.24) is 0 Å². The maximum atomic E-state index is 10.5. The van der Waals surface area contributed by atoms with Crippen molar-refractivity contribution in [2.24, 2.45) is 0 Å². The fourth-order valence-electron chi connectivity index (χ4n) is 5.62. The van der Waals surface area contributed by atoms with E-state index in [1.54, 1.807) is 0 Å². The monoisotopic (exact) mass is 542 g/mol. The zero-order valence-corrected chi connectivity index (χ0v) is 26.5. The van der Waals surface area contributed by atoms with Crippen LogP contribution in [0.25, 0.3) is 0 Å². The molecule has 0 aliphatic heterocycles. The Morgan fingerprint density at radius 1 is 0.575 bits per heavy atom. The average molecular weight is 543 g/mol. The summed E-state index contributed by atoms with van der Waals surface area (Å²) >= 11 is 0. The first kappa shape index (κ1) is 32.1. The van der Waals surface area contributed by atoms with Crippen LogP contribution in [0.15, 0.2) is 72.8 Å². The number of rotatable bonds is 9. The minimum Gasteiger partial charge on any atom is -0.402 e. The van der Waals surface area contributed by atoms with Gasteiger partial charge in [-0.15, -0.1) is 0 Å². The van der Waals surface area contributed by atoms with Gasteiger partial charge in [0.05, 0.1) is 0 Å². The Morgan fingerprint density at radius 2 is 0.900 bits per heavy atom. The molecular formula is C36H51BO3. The SMILES string of the molecule is CCCCC(c1ccc(C(C)(C)C)cc1)C(OB(O)O)(c1ccc(C(C)(C)C)cc1)c1ccc(C(C)(C)C)cc1.